The lowest BCUT2D eigenvalue weighted by Crippen LogP contribution is -2.39. The standard InChI is InChI=1S/C11H20N2O3S/c1-8-2-4-13(5-3-8)10(14)7-17-6-9(12)11(15)16/h8-9H,2-7,12H2,1H3,(H,15,16). The van der Waals surface area contributed by atoms with E-state index in [2.05, 4.69) is 6.92 Å². The molecule has 1 saturated heterocycles. The molecule has 1 amide bonds. The summed E-state index contributed by atoms with van der Waals surface area (Å²) in [6.07, 6.45) is 2.12. The monoisotopic (exact) mass is 260 g/mol. The van der Waals surface area contributed by atoms with Gasteiger partial charge in [-0.25, -0.2) is 0 Å². The van der Waals surface area contributed by atoms with Crippen molar-refractivity contribution in [2.24, 2.45) is 11.7 Å². The number of thioether (sulfide) groups is 1. The number of hydrogen-bond acceptors (Lipinski definition) is 4. The van der Waals surface area contributed by atoms with Crippen LogP contribution >= 0.6 is 11.8 Å². The van der Waals surface area contributed by atoms with Gasteiger partial charge in [-0.1, -0.05) is 6.92 Å². The molecule has 1 atom stereocenters. The number of hydrogen-bond donors (Lipinski definition) is 2. The first kappa shape index (κ1) is 14.3. The molecular formula is C11H20N2O3S. The van der Waals surface area contributed by atoms with Crippen LogP contribution in [0.4, 0.5) is 0 Å². The summed E-state index contributed by atoms with van der Waals surface area (Å²) in [5.41, 5.74) is 5.35. The molecule has 1 rings (SSSR count). The smallest absolute Gasteiger partial charge is 0.321 e. The molecule has 1 aliphatic heterocycles. The zero-order chi connectivity index (χ0) is 12.8. The van der Waals surface area contributed by atoms with E-state index in [1.165, 1.54) is 11.8 Å². The summed E-state index contributed by atoms with van der Waals surface area (Å²) in [6, 6.07) is -0.880. The van der Waals surface area contributed by atoms with E-state index in [4.69, 9.17) is 10.8 Å². The van der Waals surface area contributed by atoms with Gasteiger partial charge in [0.2, 0.25) is 5.91 Å². The number of piperidine rings is 1. The van der Waals surface area contributed by atoms with Gasteiger partial charge in [0.1, 0.15) is 6.04 Å². The van der Waals surface area contributed by atoms with Gasteiger partial charge in [0, 0.05) is 18.8 Å². The summed E-state index contributed by atoms with van der Waals surface area (Å²) in [6.45, 7) is 3.85. The quantitative estimate of drug-likeness (QED) is 0.747. The average Bonchev–Trinajstić information content (AvgIpc) is 2.29. The van der Waals surface area contributed by atoms with Crippen molar-refractivity contribution in [1.29, 1.82) is 0 Å². The predicted molar refractivity (Wildman–Crippen MR) is 67.9 cm³/mol. The summed E-state index contributed by atoms with van der Waals surface area (Å²) < 4.78 is 0. The van der Waals surface area contributed by atoms with Crippen molar-refractivity contribution < 1.29 is 14.7 Å². The molecule has 1 fully saturated rings. The fourth-order valence-electron chi connectivity index (χ4n) is 1.69. The number of aliphatic carboxylic acids is 1. The van der Waals surface area contributed by atoms with Crippen LogP contribution in [-0.2, 0) is 9.59 Å². The van der Waals surface area contributed by atoms with E-state index in [9.17, 15) is 9.59 Å². The first-order chi connectivity index (χ1) is 8.00. The topological polar surface area (TPSA) is 83.6 Å². The van der Waals surface area contributed by atoms with E-state index in [-0.39, 0.29) is 11.7 Å². The lowest BCUT2D eigenvalue weighted by Gasteiger charge is -2.30. The number of amides is 1. The molecule has 0 spiro atoms. The molecule has 0 aromatic carbocycles. The van der Waals surface area contributed by atoms with Crippen LogP contribution < -0.4 is 5.73 Å². The van der Waals surface area contributed by atoms with E-state index in [1.807, 2.05) is 4.90 Å². The highest BCUT2D eigenvalue weighted by Crippen LogP contribution is 2.17. The first-order valence-corrected chi connectivity index (χ1v) is 7.00. The zero-order valence-corrected chi connectivity index (χ0v) is 10.9. The van der Waals surface area contributed by atoms with Crippen molar-refractivity contribution >= 4 is 23.6 Å². The maximum absolute atomic E-state index is 11.8. The Morgan fingerprint density at radius 3 is 2.59 bits per heavy atom. The van der Waals surface area contributed by atoms with Gasteiger partial charge in [0.05, 0.1) is 5.75 Å². The van der Waals surface area contributed by atoms with E-state index >= 15 is 0 Å². The van der Waals surface area contributed by atoms with Crippen LogP contribution in [0.5, 0.6) is 0 Å². The van der Waals surface area contributed by atoms with Crippen molar-refractivity contribution in [3.8, 4) is 0 Å². The predicted octanol–water partition coefficient (Wildman–Crippen LogP) is 0.390. The van der Waals surface area contributed by atoms with Crippen molar-refractivity contribution in [2.45, 2.75) is 25.8 Å². The Kier molecular flexibility index (Phi) is 5.77. The van der Waals surface area contributed by atoms with Gasteiger partial charge >= 0.3 is 5.97 Å². The van der Waals surface area contributed by atoms with Gasteiger partial charge in [-0.05, 0) is 18.8 Å². The third kappa shape index (κ3) is 4.95. The van der Waals surface area contributed by atoms with Crippen LogP contribution in [-0.4, -0.2) is 52.5 Å². The molecule has 3 N–H and O–H groups in total. The van der Waals surface area contributed by atoms with Gasteiger partial charge in [-0.3, -0.25) is 9.59 Å². The minimum absolute atomic E-state index is 0.0967. The normalized spacial score (nSPS) is 19.1. The summed E-state index contributed by atoms with van der Waals surface area (Å²) in [7, 11) is 0. The van der Waals surface area contributed by atoms with Gasteiger partial charge < -0.3 is 15.7 Å². The second kappa shape index (κ2) is 6.86. The van der Waals surface area contributed by atoms with E-state index in [0.29, 0.717) is 11.7 Å². The van der Waals surface area contributed by atoms with Crippen LogP contribution in [0, 0.1) is 5.92 Å². The van der Waals surface area contributed by atoms with Crippen LogP contribution in [0.3, 0.4) is 0 Å². The lowest BCUT2D eigenvalue weighted by molar-refractivity contribution is -0.138. The summed E-state index contributed by atoms with van der Waals surface area (Å²) >= 11 is 1.30. The summed E-state index contributed by atoms with van der Waals surface area (Å²) in [4.78, 5) is 24.1. The number of nitrogens with zero attached hydrogens (tertiary/aromatic N) is 1. The molecule has 6 heteroatoms. The number of rotatable bonds is 5. The lowest BCUT2D eigenvalue weighted by atomic mass is 9.99. The maximum Gasteiger partial charge on any atom is 0.321 e. The van der Waals surface area contributed by atoms with E-state index in [0.717, 1.165) is 25.9 Å². The van der Waals surface area contributed by atoms with Gasteiger partial charge in [0.15, 0.2) is 0 Å². The molecule has 0 aromatic heterocycles. The zero-order valence-electron chi connectivity index (χ0n) is 10.1. The largest absolute Gasteiger partial charge is 0.480 e. The minimum atomic E-state index is -1.02. The van der Waals surface area contributed by atoms with Gasteiger partial charge in [-0.15, -0.1) is 11.8 Å². The molecule has 1 aliphatic rings. The highest BCUT2D eigenvalue weighted by molar-refractivity contribution is 8.00. The Labute approximate surface area is 106 Å². The van der Waals surface area contributed by atoms with Crippen LogP contribution in [0.2, 0.25) is 0 Å². The fourth-order valence-corrected chi connectivity index (χ4v) is 2.57. The number of likely N-dealkylation sites (tertiary alicyclic amines) is 1. The van der Waals surface area contributed by atoms with Crippen LogP contribution in [0.15, 0.2) is 0 Å². The van der Waals surface area contributed by atoms with Crippen LogP contribution in [0.1, 0.15) is 19.8 Å². The number of carboxylic acids is 1. The Bertz CT molecular complexity index is 278. The minimum Gasteiger partial charge on any atom is -0.480 e. The highest BCUT2D eigenvalue weighted by atomic mass is 32.2. The molecule has 1 unspecified atom stereocenters. The molecular weight excluding hydrogens is 240 g/mol. The molecule has 0 aliphatic carbocycles. The number of carbonyl (C=O) groups is 2. The summed E-state index contributed by atoms with van der Waals surface area (Å²) in [5, 5.41) is 8.59. The van der Waals surface area contributed by atoms with Crippen molar-refractivity contribution in [2.75, 3.05) is 24.6 Å². The molecule has 98 valence electrons. The van der Waals surface area contributed by atoms with E-state index < -0.39 is 12.0 Å². The molecule has 0 aromatic rings. The second-order valence-electron chi connectivity index (χ2n) is 4.52. The van der Waals surface area contributed by atoms with Crippen LogP contribution in [0.25, 0.3) is 0 Å². The number of nitrogens with two attached hydrogens (primary N) is 1. The molecule has 0 saturated carbocycles. The van der Waals surface area contributed by atoms with E-state index in [1.54, 1.807) is 0 Å². The Morgan fingerprint density at radius 1 is 1.47 bits per heavy atom. The highest BCUT2D eigenvalue weighted by Gasteiger charge is 2.20. The number of carboxylic acid groups (broad SMARTS) is 1. The van der Waals surface area contributed by atoms with Crippen molar-refractivity contribution in [1.82, 2.24) is 4.90 Å². The fraction of sp³-hybridized carbons (Fsp3) is 0.818. The van der Waals surface area contributed by atoms with Gasteiger partial charge in [0.25, 0.3) is 0 Å². The second-order valence-corrected chi connectivity index (χ2v) is 5.55. The SMILES string of the molecule is CC1CCN(C(=O)CSCC(N)C(=O)O)CC1. The average molecular weight is 260 g/mol. The van der Waals surface area contributed by atoms with Gasteiger partial charge in [-0.2, -0.15) is 0 Å². The van der Waals surface area contributed by atoms with Crippen molar-refractivity contribution in [3.05, 3.63) is 0 Å². The first-order valence-electron chi connectivity index (χ1n) is 5.84. The molecule has 5 nitrogen and oxygen atoms in total. The Balaban J connectivity index is 2.19. The Hall–Kier alpha value is -0.750. The molecule has 0 bridgehead atoms. The van der Waals surface area contributed by atoms with Crippen molar-refractivity contribution in [3.63, 3.8) is 0 Å². The maximum atomic E-state index is 11.8. The summed E-state index contributed by atoms with van der Waals surface area (Å²) in [5.74, 6) is 0.393. The molecule has 17 heavy (non-hydrogen) atoms. The third-order valence-electron chi connectivity index (χ3n) is 2.98. The molecule has 1 heterocycles. The third-order valence-corrected chi connectivity index (χ3v) is 4.02. The molecule has 0 radical (unpaired) electrons. The number of carbonyl (C=O) groups excluding carboxylic acids is 1. The Morgan fingerprint density at radius 2 is 2.06 bits per heavy atom.